The average Bonchev–Trinajstić information content (AvgIpc) is 2.26. The Balaban J connectivity index is 2.25. The highest BCUT2D eigenvalue weighted by Crippen LogP contribution is 2.08. The zero-order valence-electron chi connectivity index (χ0n) is 9.13. The van der Waals surface area contributed by atoms with Crippen molar-refractivity contribution in [2.75, 3.05) is 18.1 Å². The minimum atomic E-state index is -2.98. The monoisotopic (exact) mass is 240 g/mol. The molecule has 0 aromatic heterocycles. The fourth-order valence-corrected chi connectivity index (χ4v) is 2.33. The summed E-state index contributed by atoms with van der Waals surface area (Å²) in [5.74, 6) is 0.952. The summed E-state index contributed by atoms with van der Waals surface area (Å²) in [7, 11) is -2.98. The second-order valence-electron chi connectivity index (χ2n) is 3.42. The smallest absolute Gasteiger partial charge is 0.153 e. The Bertz CT molecular complexity index is 409. The molecule has 0 saturated carbocycles. The van der Waals surface area contributed by atoms with Crippen LogP contribution in [-0.2, 0) is 9.84 Å². The van der Waals surface area contributed by atoms with Crippen LogP contribution in [0.5, 0.6) is 5.75 Å². The highest BCUT2D eigenvalue weighted by atomic mass is 32.2. The summed E-state index contributed by atoms with van der Waals surface area (Å²) in [4.78, 5) is 0. The lowest BCUT2D eigenvalue weighted by Gasteiger charge is -2.05. The predicted molar refractivity (Wildman–Crippen MR) is 65.4 cm³/mol. The lowest BCUT2D eigenvalue weighted by atomic mass is 10.3. The molecular weight excluding hydrogens is 224 g/mol. The lowest BCUT2D eigenvalue weighted by molar-refractivity contribution is 0.317. The Morgan fingerprint density at radius 3 is 2.56 bits per heavy atom. The van der Waals surface area contributed by atoms with Gasteiger partial charge in [-0.1, -0.05) is 24.3 Å². The van der Waals surface area contributed by atoms with Crippen LogP contribution < -0.4 is 4.74 Å². The predicted octanol–water partition coefficient (Wildman–Crippen LogP) is 2.06. The molecule has 0 aliphatic heterocycles. The highest BCUT2D eigenvalue weighted by Gasteiger charge is 2.07. The quantitative estimate of drug-likeness (QED) is 0.541. The van der Waals surface area contributed by atoms with E-state index in [4.69, 9.17) is 4.74 Å². The van der Waals surface area contributed by atoms with E-state index in [2.05, 4.69) is 6.58 Å². The molecule has 16 heavy (non-hydrogen) atoms. The van der Waals surface area contributed by atoms with Crippen molar-refractivity contribution in [1.29, 1.82) is 0 Å². The van der Waals surface area contributed by atoms with E-state index in [-0.39, 0.29) is 11.5 Å². The second-order valence-corrected chi connectivity index (χ2v) is 5.65. The Morgan fingerprint density at radius 1 is 1.25 bits per heavy atom. The molecule has 0 heterocycles. The molecule has 0 bridgehead atoms. The van der Waals surface area contributed by atoms with Gasteiger partial charge in [0.05, 0.1) is 18.1 Å². The van der Waals surface area contributed by atoms with Crippen LogP contribution in [0.1, 0.15) is 6.42 Å². The normalized spacial score (nSPS) is 11.0. The minimum absolute atomic E-state index is 0.0400. The summed E-state index contributed by atoms with van der Waals surface area (Å²) in [5, 5.41) is 0. The van der Waals surface area contributed by atoms with Crippen LogP contribution in [0.15, 0.2) is 43.0 Å². The molecule has 0 spiro atoms. The van der Waals surface area contributed by atoms with Gasteiger partial charge in [0.25, 0.3) is 0 Å². The van der Waals surface area contributed by atoms with Gasteiger partial charge in [-0.3, -0.25) is 0 Å². The maximum atomic E-state index is 11.3. The lowest BCUT2D eigenvalue weighted by Crippen LogP contribution is -2.12. The summed E-state index contributed by atoms with van der Waals surface area (Å²) in [6.45, 7) is 3.83. The van der Waals surface area contributed by atoms with Gasteiger partial charge in [0.1, 0.15) is 5.75 Å². The summed E-state index contributed by atoms with van der Waals surface area (Å²) in [6, 6.07) is 9.35. The maximum absolute atomic E-state index is 11.3. The third-order valence-electron chi connectivity index (χ3n) is 1.98. The number of benzene rings is 1. The van der Waals surface area contributed by atoms with E-state index in [9.17, 15) is 8.42 Å². The topological polar surface area (TPSA) is 43.4 Å². The highest BCUT2D eigenvalue weighted by molar-refractivity contribution is 7.91. The fourth-order valence-electron chi connectivity index (χ4n) is 1.25. The van der Waals surface area contributed by atoms with Crippen LogP contribution in [0.4, 0.5) is 0 Å². The Hall–Kier alpha value is -1.29. The van der Waals surface area contributed by atoms with Gasteiger partial charge >= 0.3 is 0 Å². The second kappa shape index (κ2) is 6.33. The van der Waals surface area contributed by atoms with Gasteiger partial charge in [-0.2, -0.15) is 0 Å². The van der Waals surface area contributed by atoms with E-state index in [0.29, 0.717) is 13.0 Å². The molecule has 0 N–H and O–H groups in total. The van der Waals surface area contributed by atoms with E-state index in [1.54, 1.807) is 0 Å². The molecule has 1 aromatic rings. The van der Waals surface area contributed by atoms with Crippen LogP contribution in [0.3, 0.4) is 0 Å². The SMILES string of the molecule is C=CCS(=O)(=O)CCCOc1ccccc1. The summed E-state index contributed by atoms with van der Waals surface area (Å²) in [5.41, 5.74) is 0. The molecule has 0 saturated heterocycles. The van der Waals surface area contributed by atoms with Crippen LogP contribution in [0, 0.1) is 0 Å². The van der Waals surface area contributed by atoms with Crippen LogP contribution >= 0.6 is 0 Å². The number of hydrogen-bond acceptors (Lipinski definition) is 3. The van der Waals surface area contributed by atoms with E-state index in [1.807, 2.05) is 30.3 Å². The van der Waals surface area contributed by atoms with E-state index < -0.39 is 9.84 Å². The van der Waals surface area contributed by atoms with Crippen LogP contribution in [0.2, 0.25) is 0 Å². The molecule has 0 radical (unpaired) electrons. The first kappa shape index (κ1) is 12.8. The standard InChI is InChI=1S/C12H16O3S/c1-2-10-16(13,14)11-6-9-15-12-7-4-3-5-8-12/h2-5,7-8H,1,6,9-11H2. The van der Waals surface area contributed by atoms with Gasteiger partial charge in [-0.25, -0.2) is 8.42 Å². The van der Waals surface area contributed by atoms with Gasteiger partial charge in [-0.05, 0) is 18.6 Å². The van der Waals surface area contributed by atoms with E-state index in [1.165, 1.54) is 6.08 Å². The molecule has 0 atom stereocenters. The van der Waals surface area contributed by atoms with Crippen molar-refractivity contribution in [3.8, 4) is 5.75 Å². The van der Waals surface area contributed by atoms with Gasteiger partial charge in [0.15, 0.2) is 9.84 Å². The Kier molecular flexibility index (Phi) is 5.05. The van der Waals surface area contributed by atoms with Crippen molar-refractivity contribution in [2.45, 2.75) is 6.42 Å². The molecule has 0 unspecified atom stereocenters. The van der Waals surface area contributed by atoms with Crippen molar-refractivity contribution >= 4 is 9.84 Å². The first-order valence-corrected chi connectivity index (χ1v) is 6.95. The van der Waals surface area contributed by atoms with Crippen molar-refractivity contribution in [1.82, 2.24) is 0 Å². The van der Waals surface area contributed by atoms with Gasteiger partial charge in [0.2, 0.25) is 0 Å². The van der Waals surface area contributed by atoms with Gasteiger partial charge < -0.3 is 4.74 Å². The molecular formula is C12H16O3S. The minimum Gasteiger partial charge on any atom is -0.494 e. The van der Waals surface area contributed by atoms with E-state index >= 15 is 0 Å². The first-order chi connectivity index (χ1) is 7.64. The van der Waals surface area contributed by atoms with Crippen LogP contribution in [0.25, 0.3) is 0 Å². The largest absolute Gasteiger partial charge is 0.494 e. The number of ether oxygens (including phenoxy) is 1. The average molecular weight is 240 g/mol. The molecule has 4 heteroatoms. The zero-order valence-corrected chi connectivity index (χ0v) is 9.95. The Morgan fingerprint density at radius 2 is 1.94 bits per heavy atom. The van der Waals surface area contributed by atoms with Crippen molar-refractivity contribution in [3.05, 3.63) is 43.0 Å². The molecule has 3 nitrogen and oxygen atoms in total. The molecule has 88 valence electrons. The molecule has 0 aliphatic carbocycles. The van der Waals surface area contributed by atoms with Crippen molar-refractivity contribution < 1.29 is 13.2 Å². The molecule has 1 rings (SSSR count). The van der Waals surface area contributed by atoms with Crippen molar-refractivity contribution in [2.24, 2.45) is 0 Å². The summed E-state index contributed by atoms with van der Waals surface area (Å²) >= 11 is 0. The van der Waals surface area contributed by atoms with Crippen molar-refractivity contribution in [3.63, 3.8) is 0 Å². The third-order valence-corrected chi connectivity index (χ3v) is 3.64. The number of sulfone groups is 1. The maximum Gasteiger partial charge on any atom is 0.153 e. The number of para-hydroxylation sites is 1. The Labute approximate surface area is 96.7 Å². The number of rotatable bonds is 7. The third kappa shape index (κ3) is 4.98. The molecule has 1 aromatic carbocycles. The molecule has 0 aliphatic rings. The van der Waals surface area contributed by atoms with Crippen LogP contribution in [-0.4, -0.2) is 26.5 Å². The zero-order chi connectivity index (χ0) is 11.9. The molecule has 0 fully saturated rings. The van der Waals surface area contributed by atoms with Gasteiger partial charge in [0, 0.05) is 0 Å². The van der Waals surface area contributed by atoms with E-state index in [0.717, 1.165) is 5.75 Å². The first-order valence-electron chi connectivity index (χ1n) is 5.13. The van der Waals surface area contributed by atoms with Gasteiger partial charge in [-0.15, -0.1) is 6.58 Å². The number of hydrogen-bond donors (Lipinski definition) is 0. The summed E-state index contributed by atoms with van der Waals surface area (Å²) in [6.07, 6.45) is 1.92. The fraction of sp³-hybridized carbons (Fsp3) is 0.333. The summed E-state index contributed by atoms with van der Waals surface area (Å²) < 4.78 is 28.0. The molecule has 0 amide bonds.